The van der Waals surface area contributed by atoms with Crippen LogP contribution in [0.25, 0.3) is 0 Å². The molecule has 11 rings (SSSR count). The summed E-state index contributed by atoms with van der Waals surface area (Å²) >= 11 is 21.5. The Balaban J connectivity index is 0.00000120. The van der Waals surface area contributed by atoms with Gasteiger partial charge in [0.15, 0.2) is 23.7 Å². The molecular weight excluding hydrogens is 1650 g/mol. The zero-order valence-corrected chi connectivity index (χ0v) is 68.7. The van der Waals surface area contributed by atoms with Crippen LogP contribution in [0.5, 0.6) is 0 Å². The van der Waals surface area contributed by atoms with Crippen LogP contribution in [0.2, 0.25) is 15.5 Å². The molecule has 5 aromatic rings. The first kappa shape index (κ1) is 97.2. The second-order valence-electron chi connectivity index (χ2n) is 27.2. The molecule has 2 spiro atoms. The quantitative estimate of drug-likeness (QED) is 0.0287. The number of aldehydes is 1. The minimum absolute atomic E-state index is 0. The first-order valence-corrected chi connectivity index (χ1v) is 33.7. The number of ketones is 1. The Morgan fingerprint density at radius 3 is 1.55 bits per heavy atom. The minimum atomic E-state index is -1.23. The van der Waals surface area contributed by atoms with E-state index in [1.165, 1.54) is 27.6 Å². The average Bonchev–Trinajstić information content (AvgIpc) is 1.64. The molecule has 5 N–H and O–H groups in total. The molecule has 0 atom stereocenters. The molecule has 5 aromatic heterocycles. The van der Waals surface area contributed by atoms with E-state index in [1.807, 2.05) is 80.9 Å². The van der Waals surface area contributed by atoms with E-state index in [4.69, 9.17) is 74.2 Å². The summed E-state index contributed by atoms with van der Waals surface area (Å²) in [6.07, 6.45) is 9.81. The molecule has 0 aromatic carbocycles. The summed E-state index contributed by atoms with van der Waals surface area (Å²) in [4.78, 5) is 98.4. The number of aliphatic hydroxyl groups excluding tert-OH is 2. The number of carbonyl (C=O) groups excluding carboxylic acids is 6. The van der Waals surface area contributed by atoms with Crippen molar-refractivity contribution < 1.29 is 116 Å². The number of hydrogen-bond donors (Lipinski definition) is 4. The Kier molecular flexibility index (Phi) is 39.8. The van der Waals surface area contributed by atoms with Crippen LogP contribution in [-0.4, -0.2) is 189 Å². The van der Waals surface area contributed by atoms with Crippen LogP contribution in [0.1, 0.15) is 154 Å². The number of aromatic nitrogens is 5. The Labute approximate surface area is 675 Å². The Bertz CT molecular complexity index is 3580. The number of esters is 1. The van der Waals surface area contributed by atoms with E-state index in [9.17, 15) is 39.0 Å². The minimum Gasteiger partial charge on any atom is -1.00 e. The van der Waals surface area contributed by atoms with E-state index < -0.39 is 45.8 Å². The number of pyridine rings is 5. The monoisotopic (exact) mass is 1740 g/mol. The van der Waals surface area contributed by atoms with Crippen LogP contribution < -0.4 is 54.1 Å². The number of Topliss-reactive ketones (excluding diaryl/α,β-unsaturated/α-hetero) is 1. The van der Waals surface area contributed by atoms with Crippen molar-refractivity contribution >= 4 is 151 Å². The number of amides is 3. The molecule has 6 aliphatic rings. The zero-order chi connectivity index (χ0) is 72.1. The third-order valence-electron chi connectivity index (χ3n) is 14.0. The van der Waals surface area contributed by atoms with Gasteiger partial charge >= 0.3 is 66.2 Å². The molecule has 11 heterocycles. The molecule has 4 fully saturated rings. The third kappa shape index (κ3) is 29.1. The maximum atomic E-state index is 12.0. The van der Waals surface area contributed by atoms with Crippen molar-refractivity contribution in [1.29, 1.82) is 0 Å². The van der Waals surface area contributed by atoms with Crippen LogP contribution >= 0.6 is 80.0 Å². The number of carbonyl (C=O) groups is 6. The van der Waals surface area contributed by atoms with Gasteiger partial charge in [-0.15, -0.1) is 4.65 Å². The predicted molar refractivity (Wildman–Crippen MR) is 391 cm³/mol. The van der Waals surface area contributed by atoms with Gasteiger partial charge in [-0.05, 0) is 188 Å². The van der Waals surface area contributed by atoms with Gasteiger partial charge in [0.25, 0.3) is 0 Å². The predicted octanol–water partition coefficient (Wildman–Crippen LogP) is 2.71. The van der Waals surface area contributed by atoms with Crippen molar-refractivity contribution in [3.8, 4) is 0 Å². The maximum Gasteiger partial charge on any atom is 2.00 e. The molecule has 0 bridgehead atoms. The number of nitrogen functional groups attached to an aromatic ring is 1. The molecule has 0 aliphatic carbocycles. The van der Waals surface area contributed by atoms with Crippen LogP contribution in [0, 0.1) is 26.4 Å². The summed E-state index contributed by atoms with van der Waals surface area (Å²) in [5.74, 6) is 0.343. The average molecular weight is 1740 g/mol. The second-order valence-corrected chi connectivity index (χ2v) is 30.6. The van der Waals surface area contributed by atoms with Gasteiger partial charge in [0.2, 0.25) is 0 Å². The van der Waals surface area contributed by atoms with Gasteiger partial charge in [-0.2, -0.15) is 18.7 Å². The number of β-amino-alcohol motifs (C(OH)–C–C–N with tert-alkyl or cyclic N) is 1. The van der Waals surface area contributed by atoms with Gasteiger partial charge in [0.1, 0.15) is 80.3 Å². The topological polar surface area (TPSA) is 319 Å². The van der Waals surface area contributed by atoms with Gasteiger partial charge < -0.3 is 85.8 Å². The number of nitrogens with zero attached hydrogens (tertiary/aromatic N) is 9. The number of aryl methyl sites for hydroxylation is 1. The number of quaternary nitrogens is 1. The number of halogens is 7. The van der Waals surface area contributed by atoms with Gasteiger partial charge in [-0.1, -0.05) is 42.2 Å². The smallest absolute Gasteiger partial charge is 1.00 e. The number of hydrogen-bond acceptors (Lipinski definition) is 21. The van der Waals surface area contributed by atoms with E-state index in [0.29, 0.717) is 77.0 Å². The Hall–Kier alpha value is -3.80. The van der Waals surface area contributed by atoms with E-state index >= 15 is 0 Å². The van der Waals surface area contributed by atoms with Crippen molar-refractivity contribution in [3.63, 3.8) is 0 Å². The number of rotatable bonds is 5. The third-order valence-corrected chi connectivity index (χ3v) is 16.7. The first-order chi connectivity index (χ1) is 44.5. The number of hydroxylamine groups is 2. The summed E-state index contributed by atoms with van der Waals surface area (Å²) in [6.45, 7) is 31.3. The molecule has 550 valence electrons. The largest absolute Gasteiger partial charge is 2.00 e. The summed E-state index contributed by atoms with van der Waals surface area (Å²) in [6, 6.07) is 8.59. The molecule has 0 unspecified atom stereocenters. The molecule has 3 amide bonds. The van der Waals surface area contributed by atoms with Crippen molar-refractivity contribution in [2.45, 2.75) is 171 Å². The van der Waals surface area contributed by atoms with Crippen molar-refractivity contribution in [2.24, 2.45) is 5.92 Å². The van der Waals surface area contributed by atoms with Gasteiger partial charge in [0.05, 0.1) is 70.8 Å². The molecule has 25 nitrogen and oxygen atoms in total. The van der Waals surface area contributed by atoms with Crippen LogP contribution in [0.3, 0.4) is 0 Å². The molecule has 34 heteroatoms. The maximum absolute atomic E-state index is 12.0. The number of fused-ring (bicyclic) bond motifs is 4. The zero-order valence-electron chi connectivity index (χ0n) is 59.2. The van der Waals surface area contributed by atoms with Gasteiger partial charge in [-0.3, -0.25) is 19.3 Å². The fourth-order valence-corrected chi connectivity index (χ4v) is 10.9. The normalized spacial score (nSPS) is 17.2. The summed E-state index contributed by atoms with van der Waals surface area (Å²) in [5.41, 5.74) is 9.13. The van der Waals surface area contributed by atoms with Crippen molar-refractivity contribution in [1.82, 2.24) is 44.3 Å². The first-order valence-electron chi connectivity index (χ1n) is 30.4. The van der Waals surface area contributed by atoms with E-state index in [0.717, 1.165) is 41.4 Å². The molecule has 6 aliphatic heterocycles. The van der Waals surface area contributed by atoms with Crippen LogP contribution in [0.15, 0.2) is 61.3 Å². The molecule has 0 saturated carbocycles. The second kappa shape index (κ2) is 41.4. The van der Waals surface area contributed by atoms with E-state index in [1.54, 1.807) is 83.4 Å². The van der Waals surface area contributed by atoms with Crippen molar-refractivity contribution in [3.05, 3.63) is 135 Å². The van der Waals surface area contributed by atoms with E-state index in [2.05, 4.69) is 70.1 Å². The van der Waals surface area contributed by atoms with Gasteiger partial charge in [0, 0.05) is 43.1 Å². The van der Waals surface area contributed by atoms with Gasteiger partial charge in [-0.25, -0.2) is 39.3 Å². The standard InChI is InChI=1S/C15H19N2O4.C14H19ClN2O4.C14H17ClN2O3.C8H13NO3.C6H5ClINO.C6H7IN2.C3H7.CH4.2ClH.Li.Mg/c1-15(2,3)21-14(19)11-6-17(7-11)13-5-16-12(8-18)4-10(13)9-20-17;1-13(2,3)21-12(19)17-7-14(20,8-17)10-5-16-11(15)4-9(10)6-18;1-13(2,3)20-12(18)17-7-14(8-17)10-5-16-11(15)4-9(10)6-19-14;1-8(2,3)12-7(11)9-4-6(10)5-9;7-6-1-4(3-10)5(8)2-9-6;1-4-2-6(8)9-3-5(4)7;1-3-2;;;;;/h4-5,8,11H,6-7,9H2,1-3H3;4-5,18,20H,6-8H2,1-3H3;4-5H,6-8H2,1-3H3;4-5H2,1-3H3;1-2,10H,3H2;2-3H,1H3,(H2,8,9);3H,1-2H3;1H4;2*1H;;/q+1;;;;;;-1;;;;+1;+2/p-2. The van der Waals surface area contributed by atoms with E-state index in [-0.39, 0.29) is 142 Å². The fraction of sp³-hybridized carbons (Fsp3) is 0.522. The SMILES string of the molecule is C.CC(C)(C)OC(=O)C1C[N+]2(C1)OCc1cc(C=O)ncc12.CC(C)(C)OC(=O)N1CC(=O)C1.CC(C)(C)OC(=O)N1CC(O)(c2cnc(Cl)cc2CO)C1.CC(C)(C)OC(=O)N1CC2(C1)OCc1cc(Cl)ncc12.C[CH-]C.Cc1cc(N)ncc1I.OCc1cc(Cl)ncc1I.[Cl-].[Cl-].[Li+].[Mg+2]. The summed E-state index contributed by atoms with van der Waals surface area (Å²) < 4.78 is 29.3. The Morgan fingerprint density at radius 2 is 1.11 bits per heavy atom. The van der Waals surface area contributed by atoms with Crippen LogP contribution in [0.4, 0.5) is 25.9 Å². The number of aliphatic hydroxyl groups is 3. The summed E-state index contributed by atoms with van der Waals surface area (Å²) in [7, 11) is 0. The Morgan fingerprint density at radius 1 is 0.663 bits per heavy atom. The number of ether oxygens (including phenoxy) is 5. The molecular formula is C67H91Cl5I2LiMgN10O15+. The number of likely N-dealkylation sites (tertiary alicyclic amines) is 3. The molecule has 101 heavy (non-hydrogen) atoms. The van der Waals surface area contributed by atoms with Crippen LogP contribution in [-0.2, 0) is 75.7 Å². The molecule has 4 saturated heterocycles. The van der Waals surface area contributed by atoms with Crippen molar-refractivity contribution in [2.75, 3.05) is 58.1 Å². The number of anilines is 1. The summed E-state index contributed by atoms with van der Waals surface area (Å²) in [5, 5.41) is 29.8. The number of nitrogens with two attached hydrogens (primary N) is 1. The molecule has 0 radical (unpaired) electrons. The fourth-order valence-electron chi connectivity index (χ4n) is 9.59.